The molecule has 0 radical (unpaired) electrons. The van der Waals surface area contributed by atoms with Crippen LogP contribution in [-0.4, -0.2) is 46.2 Å². The van der Waals surface area contributed by atoms with Gasteiger partial charge >= 0.3 is 5.97 Å². The first-order valence-corrected chi connectivity index (χ1v) is 6.70. The van der Waals surface area contributed by atoms with E-state index in [1.807, 2.05) is 13.0 Å². The topological polar surface area (TPSA) is 77.8 Å². The van der Waals surface area contributed by atoms with Crippen molar-refractivity contribution in [2.75, 3.05) is 13.2 Å². The Morgan fingerprint density at radius 1 is 1.25 bits per heavy atom. The Balaban J connectivity index is 2.98. The van der Waals surface area contributed by atoms with E-state index < -0.39 is 11.9 Å². The lowest BCUT2D eigenvalue weighted by atomic mass is 10.1. The molecule has 0 aliphatic rings. The average Bonchev–Trinajstić information content (AvgIpc) is 2.47. The Morgan fingerprint density at radius 2 is 1.85 bits per heavy atom. The number of hydrogen-bond acceptors (Lipinski definition) is 3. The third-order valence-electron chi connectivity index (χ3n) is 3.30. The van der Waals surface area contributed by atoms with E-state index in [1.54, 1.807) is 31.2 Å². The summed E-state index contributed by atoms with van der Waals surface area (Å²) >= 11 is 0. The minimum atomic E-state index is -0.955. The number of carboxylic acids is 1. The number of hydrogen-bond donors (Lipinski definition) is 2. The van der Waals surface area contributed by atoms with Crippen LogP contribution in [0.5, 0.6) is 0 Å². The summed E-state index contributed by atoms with van der Waals surface area (Å²) in [6.07, 6.45) is 0.571. The van der Waals surface area contributed by atoms with Crippen LogP contribution in [0.1, 0.15) is 30.6 Å². The van der Waals surface area contributed by atoms with E-state index in [4.69, 9.17) is 5.11 Å². The molecule has 0 saturated carbocycles. The fraction of sp³-hybridized carbons (Fsp3) is 0.467. The zero-order valence-corrected chi connectivity index (χ0v) is 11.8. The van der Waals surface area contributed by atoms with Gasteiger partial charge in [-0.3, -0.25) is 9.59 Å². The second-order valence-electron chi connectivity index (χ2n) is 4.81. The third kappa shape index (κ3) is 4.06. The summed E-state index contributed by atoms with van der Waals surface area (Å²) in [5.41, 5.74) is 0.497. The van der Waals surface area contributed by atoms with Gasteiger partial charge in [-0.05, 0) is 18.6 Å². The minimum absolute atomic E-state index is 0.0854. The van der Waals surface area contributed by atoms with Crippen molar-refractivity contribution >= 4 is 11.9 Å². The molecule has 0 bridgehead atoms. The smallest absolute Gasteiger partial charge is 0.308 e. The number of aliphatic carboxylic acids is 1. The summed E-state index contributed by atoms with van der Waals surface area (Å²) in [6.45, 7) is 3.32. The van der Waals surface area contributed by atoms with Crippen LogP contribution in [0.25, 0.3) is 0 Å². The van der Waals surface area contributed by atoms with Crippen molar-refractivity contribution in [1.82, 2.24) is 4.90 Å². The number of carbonyl (C=O) groups excluding carboxylic acids is 1. The van der Waals surface area contributed by atoms with Gasteiger partial charge < -0.3 is 15.1 Å². The zero-order valence-electron chi connectivity index (χ0n) is 11.8. The number of benzene rings is 1. The summed E-state index contributed by atoms with van der Waals surface area (Å²) in [5, 5.41) is 18.4. The zero-order chi connectivity index (χ0) is 15.1. The largest absolute Gasteiger partial charge is 0.481 e. The van der Waals surface area contributed by atoms with Gasteiger partial charge in [-0.1, -0.05) is 32.0 Å². The first-order chi connectivity index (χ1) is 9.51. The fourth-order valence-corrected chi connectivity index (χ4v) is 1.97. The van der Waals surface area contributed by atoms with Crippen molar-refractivity contribution in [2.45, 2.75) is 26.3 Å². The van der Waals surface area contributed by atoms with Gasteiger partial charge in [0.05, 0.1) is 18.6 Å². The predicted molar refractivity (Wildman–Crippen MR) is 75.4 cm³/mol. The van der Waals surface area contributed by atoms with Crippen molar-refractivity contribution in [3.8, 4) is 0 Å². The number of nitrogens with zero attached hydrogens (tertiary/aromatic N) is 1. The molecule has 0 saturated heterocycles. The van der Waals surface area contributed by atoms with Gasteiger partial charge in [-0.25, -0.2) is 0 Å². The highest BCUT2D eigenvalue weighted by molar-refractivity contribution is 5.94. The average molecular weight is 279 g/mol. The molecule has 110 valence electrons. The van der Waals surface area contributed by atoms with Crippen molar-refractivity contribution in [1.29, 1.82) is 0 Å². The molecule has 2 N–H and O–H groups in total. The highest BCUT2D eigenvalue weighted by Crippen LogP contribution is 2.13. The normalized spacial score (nSPS) is 13.6. The molecule has 1 rings (SSSR count). The van der Waals surface area contributed by atoms with E-state index in [-0.39, 0.29) is 25.1 Å². The second-order valence-corrected chi connectivity index (χ2v) is 4.81. The monoisotopic (exact) mass is 279 g/mol. The standard InChI is InChI=1S/C15H21NO4/c1-3-13(10-17)16(9-11(2)15(19)20)14(18)12-7-5-4-6-8-12/h4-8,11,13,17H,3,9-10H2,1-2H3,(H,19,20). The highest BCUT2D eigenvalue weighted by atomic mass is 16.4. The van der Waals surface area contributed by atoms with Crippen LogP contribution in [0.3, 0.4) is 0 Å². The first-order valence-electron chi connectivity index (χ1n) is 6.70. The van der Waals surface area contributed by atoms with Crippen LogP contribution in [0.15, 0.2) is 30.3 Å². The van der Waals surface area contributed by atoms with Crippen LogP contribution in [0.2, 0.25) is 0 Å². The van der Waals surface area contributed by atoms with Gasteiger partial charge in [0.1, 0.15) is 0 Å². The maximum absolute atomic E-state index is 12.5. The number of carboxylic acid groups (broad SMARTS) is 1. The molecule has 0 spiro atoms. The Kier molecular flexibility index (Phi) is 6.18. The summed E-state index contributed by atoms with van der Waals surface area (Å²) in [4.78, 5) is 24.9. The lowest BCUT2D eigenvalue weighted by Gasteiger charge is -2.31. The van der Waals surface area contributed by atoms with Crippen molar-refractivity contribution in [3.63, 3.8) is 0 Å². The van der Waals surface area contributed by atoms with Crippen molar-refractivity contribution in [3.05, 3.63) is 35.9 Å². The molecule has 1 aromatic rings. The molecule has 5 heteroatoms. The van der Waals surface area contributed by atoms with E-state index in [0.717, 1.165) is 0 Å². The molecule has 0 aromatic heterocycles. The molecule has 1 amide bonds. The van der Waals surface area contributed by atoms with Gasteiger partial charge in [-0.15, -0.1) is 0 Å². The van der Waals surface area contributed by atoms with Gasteiger partial charge in [0, 0.05) is 12.1 Å². The minimum Gasteiger partial charge on any atom is -0.481 e. The number of amides is 1. The molecular formula is C15H21NO4. The van der Waals surface area contributed by atoms with Gasteiger partial charge in [0.15, 0.2) is 0 Å². The lowest BCUT2D eigenvalue weighted by molar-refractivity contribution is -0.141. The maximum atomic E-state index is 12.5. The quantitative estimate of drug-likeness (QED) is 0.795. The first kappa shape index (κ1) is 16.2. The van der Waals surface area contributed by atoms with Crippen LogP contribution in [0.4, 0.5) is 0 Å². The molecule has 0 heterocycles. The molecule has 0 aliphatic heterocycles. The lowest BCUT2D eigenvalue weighted by Crippen LogP contribution is -2.45. The van der Waals surface area contributed by atoms with E-state index in [2.05, 4.69) is 0 Å². The molecule has 5 nitrogen and oxygen atoms in total. The summed E-state index contributed by atoms with van der Waals surface area (Å²) < 4.78 is 0. The van der Waals surface area contributed by atoms with Gasteiger partial charge in [0.25, 0.3) is 5.91 Å². The van der Waals surface area contributed by atoms with Gasteiger partial charge in [-0.2, -0.15) is 0 Å². The van der Waals surface area contributed by atoms with Crippen LogP contribution in [0, 0.1) is 5.92 Å². The van der Waals surface area contributed by atoms with E-state index >= 15 is 0 Å². The Bertz CT molecular complexity index is 442. The Labute approximate surface area is 118 Å². The number of carbonyl (C=O) groups is 2. The Morgan fingerprint density at radius 3 is 2.30 bits per heavy atom. The number of aliphatic hydroxyl groups is 1. The predicted octanol–water partition coefficient (Wildman–Crippen LogP) is 1.62. The SMILES string of the molecule is CCC(CO)N(CC(C)C(=O)O)C(=O)c1ccccc1. The fourth-order valence-electron chi connectivity index (χ4n) is 1.97. The molecule has 0 aliphatic carbocycles. The number of rotatable bonds is 7. The third-order valence-corrected chi connectivity index (χ3v) is 3.30. The molecular weight excluding hydrogens is 258 g/mol. The molecule has 1 aromatic carbocycles. The van der Waals surface area contributed by atoms with E-state index in [9.17, 15) is 14.7 Å². The molecule has 2 atom stereocenters. The van der Waals surface area contributed by atoms with Crippen LogP contribution in [-0.2, 0) is 4.79 Å². The van der Waals surface area contributed by atoms with E-state index in [1.165, 1.54) is 4.90 Å². The van der Waals surface area contributed by atoms with E-state index in [0.29, 0.717) is 12.0 Å². The second kappa shape index (κ2) is 7.65. The van der Waals surface area contributed by atoms with Crippen LogP contribution < -0.4 is 0 Å². The summed E-state index contributed by atoms with van der Waals surface area (Å²) in [5.74, 6) is -1.88. The summed E-state index contributed by atoms with van der Waals surface area (Å²) in [6, 6.07) is 8.32. The Hall–Kier alpha value is -1.88. The van der Waals surface area contributed by atoms with Crippen molar-refractivity contribution in [2.24, 2.45) is 5.92 Å². The molecule has 2 unspecified atom stereocenters. The summed E-state index contributed by atoms with van der Waals surface area (Å²) in [7, 11) is 0. The van der Waals surface area contributed by atoms with Gasteiger partial charge in [0.2, 0.25) is 0 Å². The van der Waals surface area contributed by atoms with Crippen molar-refractivity contribution < 1.29 is 19.8 Å². The highest BCUT2D eigenvalue weighted by Gasteiger charge is 2.26. The number of aliphatic hydroxyl groups excluding tert-OH is 1. The molecule has 20 heavy (non-hydrogen) atoms. The molecule has 0 fully saturated rings. The maximum Gasteiger partial charge on any atom is 0.308 e. The van der Waals surface area contributed by atoms with Crippen LogP contribution >= 0.6 is 0 Å².